The van der Waals surface area contributed by atoms with Gasteiger partial charge < -0.3 is 15.0 Å². The van der Waals surface area contributed by atoms with Crippen LogP contribution in [-0.4, -0.2) is 25.0 Å². The molecule has 2 amide bonds. The second-order valence-corrected chi connectivity index (χ2v) is 6.53. The summed E-state index contributed by atoms with van der Waals surface area (Å²) in [4.78, 5) is 26.4. The number of benzene rings is 2. The molecule has 0 aliphatic carbocycles. The van der Waals surface area contributed by atoms with Crippen molar-refractivity contribution in [3.05, 3.63) is 53.6 Å². The standard InChI is InChI=1S/C23H30N2O3/c1-5-18-11-10-12-19(6-2)23(18)24-22(27)15-16-25(17(4)26)20-13-8-9-14-21(20)28-7-3/h8-14H,5-7,15-16H2,1-4H3,(H,24,27). The van der Waals surface area contributed by atoms with Crippen molar-refractivity contribution >= 4 is 23.2 Å². The second kappa shape index (κ2) is 10.5. The molecule has 0 fully saturated rings. The Morgan fingerprint density at radius 1 is 0.964 bits per heavy atom. The van der Waals surface area contributed by atoms with E-state index in [0.717, 1.165) is 29.7 Å². The maximum absolute atomic E-state index is 12.6. The summed E-state index contributed by atoms with van der Waals surface area (Å²) in [7, 11) is 0. The largest absolute Gasteiger partial charge is 0.492 e. The summed E-state index contributed by atoms with van der Waals surface area (Å²) >= 11 is 0. The summed E-state index contributed by atoms with van der Waals surface area (Å²) < 4.78 is 5.64. The van der Waals surface area contributed by atoms with E-state index in [4.69, 9.17) is 4.74 Å². The fourth-order valence-electron chi connectivity index (χ4n) is 3.22. The molecule has 0 heterocycles. The molecule has 0 atom stereocenters. The van der Waals surface area contributed by atoms with E-state index in [1.165, 1.54) is 6.92 Å². The number of rotatable bonds is 9. The minimum absolute atomic E-state index is 0.101. The average Bonchev–Trinajstić information content (AvgIpc) is 2.69. The summed E-state index contributed by atoms with van der Waals surface area (Å²) in [5.41, 5.74) is 3.84. The zero-order valence-corrected chi connectivity index (χ0v) is 17.2. The van der Waals surface area contributed by atoms with E-state index in [2.05, 4.69) is 19.2 Å². The smallest absolute Gasteiger partial charge is 0.226 e. The zero-order chi connectivity index (χ0) is 20.5. The molecule has 0 unspecified atom stereocenters. The van der Waals surface area contributed by atoms with Gasteiger partial charge in [0, 0.05) is 25.6 Å². The van der Waals surface area contributed by atoms with Crippen LogP contribution in [0.5, 0.6) is 5.75 Å². The third-order valence-electron chi connectivity index (χ3n) is 4.66. The molecular formula is C23H30N2O3. The third-order valence-corrected chi connectivity index (χ3v) is 4.66. The lowest BCUT2D eigenvalue weighted by atomic mass is 10.0. The van der Waals surface area contributed by atoms with Gasteiger partial charge in [0.05, 0.1) is 12.3 Å². The third kappa shape index (κ3) is 5.35. The maximum atomic E-state index is 12.6. The molecule has 0 aliphatic rings. The molecule has 2 aromatic rings. The van der Waals surface area contributed by atoms with Crippen molar-refractivity contribution in [2.24, 2.45) is 0 Å². The molecule has 0 radical (unpaired) electrons. The first-order valence-electron chi connectivity index (χ1n) is 9.92. The van der Waals surface area contributed by atoms with Gasteiger partial charge >= 0.3 is 0 Å². The minimum Gasteiger partial charge on any atom is -0.492 e. The molecular weight excluding hydrogens is 352 g/mol. The summed E-state index contributed by atoms with van der Waals surface area (Å²) in [5.74, 6) is 0.420. The highest BCUT2D eigenvalue weighted by molar-refractivity contribution is 5.96. The SMILES string of the molecule is CCOc1ccccc1N(CCC(=O)Nc1c(CC)cccc1CC)C(C)=O. The Bertz CT molecular complexity index is 795. The number of nitrogens with zero attached hydrogens (tertiary/aromatic N) is 1. The van der Waals surface area contributed by atoms with E-state index < -0.39 is 0 Å². The Balaban J connectivity index is 2.13. The number of carbonyl (C=O) groups is 2. The zero-order valence-electron chi connectivity index (χ0n) is 17.2. The first kappa shape index (κ1) is 21.5. The lowest BCUT2D eigenvalue weighted by molar-refractivity contribution is -0.117. The lowest BCUT2D eigenvalue weighted by Crippen LogP contribution is -2.32. The molecule has 2 rings (SSSR count). The number of ether oxygens (including phenoxy) is 1. The molecule has 5 nitrogen and oxygen atoms in total. The average molecular weight is 383 g/mol. The summed E-state index contributed by atoms with van der Waals surface area (Å²) in [5, 5.41) is 3.06. The van der Waals surface area contributed by atoms with Crippen molar-refractivity contribution in [2.75, 3.05) is 23.4 Å². The Kier molecular flexibility index (Phi) is 8.05. The molecule has 28 heavy (non-hydrogen) atoms. The van der Waals surface area contributed by atoms with Gasteiger partial charge in [-0.2, -0.15) is 0 Å². The second-order valence-electron chi connectivity index (χ2n) is 6.53. The number of hydrogen-bond donors (Lipinski definition) is 1. The molecule has 1 N–H and O–H groups in total. The van der Waals surface area contributed by atoms with Gasteiger partial charge in [-0.25, -0.2) is 0 Å². The highest BCUT2D eigenvalue weighted by Crippen LogP contribution is 2.28. The van der Waals surface area contributed by atoms with Crippen LogP contribution in [0.25, 0.3) is 0 Å². The summed E-state index contributed by atoms with van der Waals surface area (Å²) in [6, 6.07) is 13.5. The topological polar surface area (TPSA) is 58.6 Å². The Morgan fingerprint density at radius 2 is 1.61 bits per heavy atom. The van der Waals surface area contributed by atoms with Crippen LogP contribution >= 0.6 is 0 Å². The predicted octanol–water partition coefficient (Wildman–Crippen LogP) is 4.59. The van der Waals surface area contributed by atoms with Gasteiger partial charge in [0.25, 0.3) is 0 Å². The number of hydrogen-bond acceptors (Lipinski definition) is 3. The molecule has 0 bridgehead atoms. The summed E-state index contributed by atoms with van der Waals surface area (Å²) in [6.45, 7) is 8.36. The summed E-state index contributed by atoms with van der Waals surface area (Å²) in [6.07, 6.45) is 1.91. The van der Waals surface area contributed by atoms with Gasteiger partial charge in [0.15, 0.2) is 0 Å². The molecule has 0 saturated heterocycles. The quantitative estimate of drug-likeness (QED) is 0.690. The fourth-order valence-corrected chi connectivity index (χ4v) is 3.22. The molecule has 5 heteroatoms. The number of carbonyl (C=O) groups excluding carboxylic acids is 2. The van der Waals surface area contributed by atoms with E-state index in [9.17, 15) is 9.59 Å². The van der Waals surface area contributed by atoms with Crippen molar-refractivity contribution in [2.45, 2.75) is 47.0 Å². The van der Waals surface area contributed by atoms with Crippen LogP contribution in [0.3, 0.4) is 0 Å². The van der Waals surface area contributed by atoms with Crippen molar-refractivity contribution < 1.29 is 14.3 Å². The molecule has 0 aromatic heterocycles. The van der Waals surface area contributed by atoms with Gasteiger partial charge in [0.2, 0.25) is 11.8 Å². The monoisotopic (exact) mass is 382 g/mol. The van der Waals surface area contributed by atoms with E-state index in [-0.39, 0.29) is 18.2 Å². The number of para-hydroxylation sites is 3. The van der Waals surface area contributed by atoms with Gasteiger partial charge in [0.1, 0.15) is 5.75 Å². The van der Waals surface area contributed by atoms with E-state index >= 15 is 0 Å². The van der Waals surface area contributed by atoms with E-state index in [1.807, 2.05) is 49.4 Å². The Hall–Kier alpha value is -2.82. The molecule has 0 saturated carbocycles. The molecule has 150 valence electrons. The minimum atomic E-state index is -0.122. The van der Waals surface area contributed by atoms with Crippen LogP contribution in [0.4, 0.5) is 11.4 Å². The highest BCUT2D eigenvalue weighted by atomic mass is 16.5. The van der Waals surface area contributed by atoms with Crippen LogP contribution in [-0.2, 0) is 22.4 Å². The fraction of sp³-hybridized carbons (Fsp3) is 0.391. The van der Waals surface area contributed by atoms with Crippen molar-refractivity contribution in [1.29, 1.82) is 0 Å². The van der Waals surface area contributed by atoms with E-state index in [0.29, 0.717) is 24.6 Å². The van der Waals surface area contributed by atoms with Crippen molar-refractivity contribution in [3.8, 4) is 5.75 Å². The van der Waals surface area contributed by atoms with Gasteiger partial charge in [-0.15, -0.1) is 0 Å². The molecule has 2 aromatic carbocycles. The van der Waals surface area contributed by atoms with Crippen LogP contribution in [0, 0.1) is 0 Å². The van der Waals surface area contributed by atoms with Gasteiger partial charge in [-0.05, 0) is 43.0 Å². The maximum Gasteiger partial charge on any atom is 0.226 e. The van der Waals surface area contributed by atoms with Crippen LogP contribution in [0.1, 0.15) is 45.2 Å². The lowest BCUT2D eigenvalue weighted by Gasteiger charge is -2.23. The van der Waals surface area contributed by atoms with E-state index in [1.54, 1.807) is 4.90 Å². The Morgan fingerprint density at radius 3 is 2.18 bits per heavy atom. The van der Waals surface area contributed by atoms with Crippen molar-refractivity contribution in [1.82, 2.24) is 0 Å². The Labute approximate surface area is 167 Å². The first-order chi connectivity index (χ1) is 13.5. The normalized spacial score (nSPS) is 10.4. The van der Waals surface area contributed by atoms with Crippen LogP contribution < -0.4 is 15.0 Å². The number of amides is 2. The number of anilines is 2. The molecule has 0 aliphatic heterocycles. The number of aryl methyl sites for hydroxylation is 2. The predicted molar refractivity (Wildman–Crippen MR) is 114 cm³/mol. The van der Waals surface area contributed by atoms with Gasteiger partial charge in [-0.3, -0.25) is 9.59 Å². The molecule has 0 spiro atoms. The van der Waals surface area contributed by atoms with Crippen LogP contribution in [0.15, 0.2) is 42.5 Å². The first-order valence-corrected chi connectivity index (χ1v) is 9.92. The van der Waals surface area contributed by atoms with Crippen LogP contribution in [0.2, 0.25) is 0 Å². The van der Waals surface area contributed by atoms with Gasteiger partial charge in [-0.1, -0.05) is 44.2 Å². The van der Waals surface area contributed by atoms with Crippen molar-refractivity contribution in [3.63, 3.8) is 0 Å². The number of nitrogens with one attached hydrogen (secondary N) is 1. The highest BCUT2D eigenvalue weighted by Gasteiger charge is 2.18.